The van der Waals surface area contributed by atoms with Gasteiger partial charge in [0.15, 0.2) is 25.2 Å². The summed E-state index contributed by atoms with van der Waals surface area (Å²) in [7, 11) is 0. The Morgan fingerprint density at radius 1 is 0.553 bits per heavy atom. The predicted octanol–water partition coefficient (Wildman–Crippen LogP) is -2.69. The van der Waals surface area contributed by atoms with Crippen LogP contribution in [0.1, 0.15) is 113 Å². The zero-order valence-corrected chi connectivity index (χ0v) is 49.8. The van der Waals surface area contributed by atoms with Crippen LogP contribution in [0.25, 0.3) is 0 Å². The largest absolute Gasteiger partial charge is 0.432 e. The molecule has 5 aliphatic heterocycles. The molecule has 488 valence electrons. The average Bonchev–Trinajstić information content (AvgIpc) is 0.687. The highest BCUT2D eigenvalue weighted by molar-refractivity contribution is 5.79. The van der Waals surface area contributed by atoms with Crippen molar-refractivity contribution in [3.05, 3.63) is 11.6 Å². The second-order valence-electron chi connectivity index (χ2n) is 28.1. The van der Waals surface area contributed by atoms with Gasteiger partial charge in [-0.05, 0) is 116 Å². The first-order valence-electron chi connectivity index (χ1n) is 30.7. The Hall–Kier alpha value is -1.75. The summed E-state index contributed by atoms with van der Waals surface area (Å²) in [4.78, 5) is 15.2. The molecule has 0 amide bonds. The molecule has 4 saturated carbocycles. The van der Waals surface area contributed by atoms with Gasteiger partial charge in [-0.15, -0.1) is 0 Å². The third-order valence-electron chi connectivity index (χ3n) is 23.4. The van der Waals surface area contributed by atoms with Crippen LogP contribution in [0.3, 0.4) is 0 Å². The van der Waals surface area contributed by atoms with E-state index in [0.29, 0.717) is 25.7 Å². The Morgan fingerprint density at radius 3 is 1.74 bits per heavy atom. The average molecular weight is 1220 g/mol. The Balaban J connectivity index is 0.876. The van der Waals surface area contributed by atoms with Crippen LogP contribution in [0, 0.1) is 56.7 Å². The number of hydrogen-bond acceptors (Lipinski definition) is 26. The van der Waals surface area contributed by atoms with E-state index in [1.807, 2.05) is 0 Å². The van der Waals surface area contributed by atoms with Gasteiger partial charge in [-0.3, -0.25) is 4.79 Å². The molecule has 0 bridgehead atoms. The quantitative estimate of drug-likeness (QED) is 0.0507. The highest BCUT2D eigenvalue weighted by atomic mass is 16.8. The van der Waals surface area contributed by atoms with Gasteiger partial charge in [0.25, 0.3) is 0 Å². The summed E-state index contributed by atoms with van der Waals surface area (Å²) in [6.45, 7) is 15.0. The number of aliphatic hydroxyl groups is 15. The zero-order chi connectivity index (χ0) is 61.9. The van der Waals surface area contributed by atoms with E-state index < -0.39 is 190 Å². The summed E-state index contributed by atoms with van der Waals surface area (Å²) in [5, 5.41) is 160. The third kappa shape index (κ3) is 11.0. The van der Waals surface area contributed by atoms with Gasteiger partial charge in [0.1, 0.15) is 110 Å². The van der Waals surface area contributed by atoms with Gasteiger partial charge in [-0.2, -0.15) is 0 Å². The Kier molecular flexibility index (Phi) is 19.2. The molecular formula is C59H96O26. The van der Waals surface area contributed by atoms with Crippen LogP contribution in [0.2, 0.25) is 0 Å². The van der Waals surface area contributed by atoms with E-state index in [1.165, 1.54) is 12.5 Å². The van der Waals surface area contributed by atoms with Crippen molar-refractivity contribution < 1.29 is 129 Å². The highest BCUT2D eigenvalue weighted by Crippen LogP contribution is 2.76. The van der Waals surface area contributed by atoms with Crippen molar-refractivity contribution in [2.45, 2.75) is 267 Å². The van der Waals surface area contributed by atoms with Crippen molar-refractivity contribution in [3.8, 4) is 0 Å². The number of fused-ring (bicyclic) bond motifs is 7. The molecular weight excluding hydrogens is 1120 g/mol. The molecule has 15 N–H and O–H groups in total. The van der Waals surface area contributed by atoms with E-state index >= 15 is 4.79 Å². The molecule has 26 heteroatoms. The van der Waals surface area contributed by atoms with Gasteiger partial charge in [-0.25, -0.2) is 0 Å². The lowest BCUT2D eigenvalue weighted by molar-refractivity contribution is -0.388. The number of aliphatic hydroxyl groups excluding tert-OH is 15. The number of ether oxygens (including phenoxy) is 10. The molecule has 34 atom stereocenters. The molecule has 0 spiro atoms. The summed E-state index contributed by atoms with van der Waals surface area (Å²) in [6, 6.07) is 0. The maximum absolute atomic E-state index is 15.2. The number of carbonyl (C=O) groups excluding carboxylic acids is 1. The normalized spacial score (nSPS) is 55.3. The lowest BCUT2D eigenvalue weighted by atomic mass is 9.33. The Morgan fingerprint density at radius 2 is 1.11 bits per heavy atom. The lowest BCUT2D eigenvalue weighted by Crippen LogP contribution is -2.67. The van der Waals surface area contributed by atoms with E-state index in [9.17, 15) is 76.6 Å². The smallest absolute Gasteiger partial charge is 0.315 e. The van der Waals surface area contributed by atoms with Crippen LogP contribution < -0.4 is 0 Å². The molecule has 0 radical (unpaired) electrons. The minimum absolute atomic E-state index is 0.0289. The SMILES string of the molecule is C[C@@H]1CC[C@]2(C(=O)O[C@@H]3O[C@H](CO[C@@H]4O[C@H](CO)[C@@H](O)[C@H](O)[C@H]4O)[C@@H](O)[C@H](O)[C@H]3O)CC[C@]3(C)C(=CCC4[C@@]5(C)CCC(O[C@@H]6OC[C@H](O)[C@@H](O[C@@H]7O[C@H](CO)[C@@H](O)[C@H](O)[C@H]7O)[C@H]6O[C@@H]6O[C@H](C)[C@@H](O)[C@@H](O)[C@H]6O)C(C)(C)C5CC[C@]43C)C2[C@H]1C. The molecule has 4 unspecified atom stereocenters. The fourth-order valence-corrected chi connectivity index (χ4v) is 17.8. The number of carbonyl (C=O) groups is 1. The van der Waals surface area contributed by atoms with Gasteiger partial charge in [-0.1, -0.05) is 60.1 Å². The maximum atomic E-state index is 15.2. The van der Waals surface area contributed by atoms with Gasteiger partial charge >= 0.3 is 5.97 Å². The van der Waals surface area contributed by atoms with Crippen LogP contribution in [-0.2, 0) is 52.2 Å². The van der Waals surface area contributed by atoms with E-state index in [4.69, 9.17) is 47.4 Å². The zero-order valence-electron chi connectivity index (χ0n) is 49.8. The second-order valence-corrected chi connectivity index (χ2v) is 28.1. The van der Waals surface area contributed by atoms with Gasteiger partial charge in [0, 0.05) is 0 Å². The van der Waals surface area contributed by atoms with Crippen molar-refractivity contribution in [1.82, 2.24) is 0 Å². The summed E-state index contributed by atoms with van der Waals surface area (Å²) >= 11 is 0. The van der Waals surface area contributed by atoms with Gasteiger partial charge < -0.3 is 124 Å². The van der Waals surface area contributed by atoms with E-state index in [0.717, 1.165) is 32.1 Å². The van der Waals surface area contributed by atoms with E-state index in [1.54, 1.807) is 0 Å². The highest BCUT2D eigenvalue weighted by Gasteiger charge is 2.71. The van der Waals surface area contributed by atoms with Crippen molar-refractivity contribution in [3.63, 3.8) is 0 Å². The monoisotopic (exact) mass is 1220 g/mol. The van der Waals surface area contributed by atoms with Gasteiger partial charge in [0.05, 0.1) is 44.1 Å². The topological polar surface area (TPSA) is 413 Å². The Bertz CT molecular complexity index is 2350. The molecule has 5 aliphatic carbocycles. The molecule has 5 heterocycles. The minimum atomic E-state index is -1.85. The summed E-state index contributed by atoms with van der Waals surface area (Å²) in [5.74, 6) is -0.330. The number of allylic oxidation sites excluding steroid dienone is 2. The number of esters is 1. The molecule has 10 aliphatic rings. The lowest BCUT2D eigenvalue weighted by Gasteiger charge is -2.71. The number of rotatable bonds is 13. The first-order chi connectivity index (χ1) is 39.9. The minimum Gasteiger partial charge on any atom is -0.432 e. The van der Waals surface area contributed by atoms with Crippen molar-refractivity contribution in [2.24, 2.45) is 56.7 Å². The standard InChI is InChI=1S/C59H96O26/c1-23-11-16-59(54(75)85-52-46(74)42(70)38(66)30(81-52)22-77-49-43(71)40(68)36(64)28(19-60)79-49)18-17-57(7)26(34(59)24(23)2)9-10-32-56(6)14-13-33(55(4,5)31(56)12-15-58(32,57)8)82-53-48(84-50-44(72)39(67)35(63)25(3)78-50)47(27(62)21-76-53)83-51-45(73)41(69)37(65)29(20-61)80-51/h9,23-25,27-53,60-74H,10-22H2,1-8H3/t23-,24+,25-,27+,28-,29-,30-,31?,32?,33?,34?,35-,36-,37-,38-,39-,40+,41+,42+,43-,44-,45-,46-,47-,48-,49-,50+,51+,52+,53+,56+,57-,58-,59+/m1/s1. The molecule has 5 saturated heterocycles. The van der Waals surface area contributed by atoms with Crippen LogP contribution in [0.5, 0.6) is 0 Å². The van der Waals surface area contributed by atoms with Crippen LogP contribution in [-0.4, -0.2) is 263 Å². The summed E-state index contributed by atoms with van der Waals surface area (Å²) in [5.41, 5.74) is -1.25. The van der Waals surface area contributed by atoms with E-state index in [-0.39, 0.29) is 52.4 Å². The molecule has 10 rings (SSSR count). The van der Waals surface area contributed by atoms with Crippen molar-refractivity contribution in [2.75, 3.05) is 26.4 Å². The first kappa shape index (κ1) is 66.2. The van der Waals surface area contributed by atoms with Crippen LogP contribution in [0.15, 0.2) is 11.6 Å². The molecule has 0 aromatic heterocycles. The van der Waals surface area contributed by atoms with Gasteiger partial charge in [0.2, 0.25) is 6.29 Å². The fraction of sp³-hybridized carbons (Fsp3) is 0.949. The fourth-order valence-electron chi connectivity index (χ4n) is 17.8. The molecule has 9 fully saturated rings. The third-order valence-corrected chi connectivity index (χ3v) is 23.4. The number of hydrogen-bond donors (Lipinski definition) is 15. The molecule has 0 aromatic carbocycles. The summed E-state index contributed by atoms with van der Waals surface area (Å²) in [6.07, 6.45) is -30.6. The summed E-state index contributed by atoms with van der Waals surface area (Å²) < 4.78 is 60.6. The Labute approximate surface area is 494 Å². The van der Waals surface area contributed by atoms with E-state index in [2.05, 4.69) is 54.5 Å². The maximum Gasteiger partial charge on any atom is 0.315 e. The predicted molar refractivity (Wildman–Crippen MR) is 288 cm³/mol. The van der Waals surface area contributed by atoms with Crippen LogP contribution >= 0.6 is 0 Å². The van der Waals surface area contributed by atoms with Crippen molar-refractivity contribution >= 4 is 5.97 Å². The van der Waals surface area contributed by atoms with Crippen LogP contribution in [0.4, 0.5) is 0 Å². The van der Waals surface area contributed by atoms with Crippen molar-refractivity contribution in [1.29, 1.82) is 0 Å². The molecule has 85 heavy (non-hydrogen) atoms. The molecule has 0 aromatic rings. The second kappa shape index (κ2) is 24.7. The molecule has 26 nitrogen and oxygen atoms in total. The first-order valence-corrected chi connectivity index (χ1v) is 30.7.